The molecule has 0 aliphatic carbocycles. The van der Waals surface area contributed by atoms with Crippen molar-refractivity contribution in [2.75, 3.05) is 6.54 Å². The summed E-state index contributed by atoms with van der Waals surface area (Å²) in [7, 11) is 0. The Bertz CT molecular complexity index is 115. The number of aldehydes is 1. The van der Waals surface area contributed by atoms with Crippen molar-refractivity contribution in [2.45, 2.75) is 12.3 Å². The van der Waals surface area contributed by atoms with Crippen molar-refractivity contribution in [2.24, 2.45) is 5.92 Å². The highest BCUT2D eigenvalue weighted by Gasteiger charge is 2.34. The van der Waals surface area contributed by atoms with E-state index in [4.69, 9.17) is 10.2 Å². The third-order valence-corrected chi connectivity index (χ3v) is 1.58. The van der Waals surface area contributed by atoms with Crippen LogP contribution in [0.4, 0.5) is 0 Å². The summed E-state index contributed by atoms with van der Waals surface area (Å²) in [6, 6.07) is -0.356. The van der Waals surface area contributed by atoms with Gasteiger partial charge in [-0.3, -0.25) is 0 Å². The molecule has 3 N–H and O–H groups in total. The number of carbonyl (C=O) groups is 1. The van der Waals surface area contributed by atoms with Crippen LogP contribution in [0.15, 0.2) is 0 Å². The zero-order chi connectivity index (χ0) is 6.85. The molecule has 1 fully saturated rings. The average Bonchev–Trinajstić information content (AvgIpc) is 1.61. The molecule has 2 atom stereocenters. The molecule has 0 radical (unpaired) electrons. The van der Waals surface area contributed by atoms with Gasteiger partial charge in [-0.25, -0.2) is 0 Å². The molecule has 0 bridgehead atoms. The SMILES string of the molecule is O=CC1NCC1C(O)O. The molecule has 1 aliphatic rings. The molecule has 9 heavy (non-hydrogen) atoms. The summed E-state index contributed by atoms with van der Waals surface area (Å²) < 4.78 is 0. The van der Waals surface area contributed by atoms with Gasteiger partial charge in [0.05, 0.1) is 6.04 Å². The minimum atomic E-state index is -1.36. The molecule has 1 saturated heterocycles. The van der Waals surface area contributed by atoms with Crippen molar-refractivity contribution in [3.8, 4) is 0 Å². The Kier molecular flexibility index (Phi) is 1.80. The number of rotatable bonds is 2. The van der Waals surface area contributed by atoms with Crippen molar-refractivity contribution in [1.82, 2.24) is 5.32 Å². The number of hydrogen-bond acceptors (Lipinski definition) is 4. The van der Waals surface area contributed by atoms with Gasteiger partial charge < -0.3 is 20.3 Å². The van der Waals surface area contributed by atoms with Crippen LogP contribution in [0.5, 0.6) is 0 Å². The van der Waals surface area contributed by atoms with Crippen molar-refractivity contribution < 1.29 is 15.0 Å². The summed E-state index contributed by atoms with van der Waals surface area (Å²) in [6.45, 7) is 0.515. The quantitative estimate of drug-likeness (QED) is 0.302. The Labute approximate surface area is 52.5 Å². The van der Waals surface area contributed by atoms with Gasteiger partial charge in [0.25, 0.3) is 0 Å². The van der Waals surface area contributed by atoms with Gasteiger partial charge in [0.15, 0.2) is 6.29 Å². The first-order valence-corrected chi connectivity index (χ1v) is 2.80. The Balaban J connectivity index is 2.35. The lowest BCUT2D eigenvalue weighted by Gasteiger charge is -2.34. The van der Waals surface area contributed by atoms with E-state index in [1.807, 2.05) is 0 Å². The molecule has 1 heterocycles. The van der Waals surface area contributed by atoms with Crippen molar-refractivity contribution in [1.29, 1.82) is 0 Å². The Morgan fingerprint density at radius 1 is 1.67 bits per heavy atom. The fourth-order valence-corrected chi connectivity index (χ4v) is 0.830. The zero-order valence-corrected chi connectivity index (χ0v) is 4.82. The van der Waals surface area contributed by atoms with Crippen LogP contribution in [0.1, 0.15) is 0 Å². The minimum Gasteiger partial charge on any atom is -0.368 e. The van der Waals surface area contributed by atoms with E-state index in [-0.39, 0.29) is 12.0 Å². The molecule has 0 amide bonds. The summed E-state index contributed by atoms with van der Waals surface area (Å²) in [5, 5.41) is 19.8. The molecular formula is C5H9NO3. The lowest BCUT2D eigenvalue weighted by molar-refractivity contribution is -0.132. The lowest BCUT2D eigenvalue weighted by Crippen LogP contribution is -2.58. The second kappa shape index (κ2) is 2.43. The maximum atomic E-state index is 10.0. The smallest absolute Gasteiger partial charge is 0.157 e. The van der Waals surface area contributed by atoms with Gasteiger partial charge in [0.2, 0.25) is 0 Å². The topological polar surface area (TPSA) is 69.6 Å². The predicted octanol–water partition coefficient (Wildman–Crippen LogP) is -1.92. The maximum Gasteiger partial charge on any atom is 0.157 e. The third kappa shape index (κ3) is 1.10. The number of nitrogens with one attached hydrogen (secondary N) is 1. The van der Waals surface area contributed by atoms with E-state index in [1.54, 1.807) is 0 Å². The first-order valence-electron chi connectivity index (χ1n) is 2.80. The Hall–Kier alpha value is -0.450. The molecule has 52 valence electrons. The van der Waals surface area contributed by atoms with Crippen molar-refractivity contribution >= 4 is 6.29 Å². The molecule has 4 nitrogen and oxygen atoms in total. The van der Waals surface area contributed by atoms with E-state index < -0.39 is 6.29 Å². The fraction of sp³-hybridized carbons (Fsp3) is 0.800. The Morgan fingerprint density at radius 3 is 2.44 bits per heavy atom. The summed E-state index contributed by atoms with van der Waals surface area (Å²) in [6.07, 6.45) is -0.672. The number of aliphatic hydroxyl groups excluding tert-OH is 1. The van der Waals surface area contributed by atoms with Crippen LogP contribution in [0.3, 0.4) is 0 Å². The zero-order valence-electron chi connectivity index (χ0n) is 4.82. The van der Waals surface area contributed by atoms with Crippen LogP contribution < -0.4 is 5.32 Å². The first-order chi connectivity index (χ1) is 4.25. The van der Waals surface area contributed by atoms with Gasteiger partial charge in [0, 0.05) is 12.5 Å². The largest absolute Gasteiger partial charge is 0.368 e. The monoisotopic (exact) mass is 131 g/mol. The molecule has 0 spiro atoms. The van der Waals surface area contributed by atoms with Crippen LogP contribution in [-0.2, 0) is 4.79 Å². The standard InChI is InChI=1S/C5H9NO3/c7-2-4-3(1-6-4)5(8)9/h2-6,8-9H,1H2. The molecule has 1 aliphatic heterocycles. The number of aliphatic hydroxyl groups is 2. The molecule has 0 aromatic rings. The first kappa shape index (κ1) is 6.67. The van der Waals surface area contributed by atoms with Crippen molar-refractivity contribution in [3.63, 3.8) is 0 Å². The molecule has 0 aromatic heterocycles. The summed E-state index contributed by atoms with van der Waals surface area (Å²) in [5.41, 5.74) is 0. The predicted molar refractivity (Wildman–Crippen MR) is 29.6 cm³/mol. The third-order valence-electron chi connectivity index (χ3n) is 1.58. The summed E-state index contributed by atoms with van der Waals surface area (Å²) in [5.74, 6) is -0.303. The Morgan fingerprint density at radius 2 is 2.33 bits per heavy atom. The van der Waals surface area contributed by atoms with Crippen LogP contribution in [-0.4, -0.2) is 35.4 Å². The highest BCUT2D eigenvalue weighted by atomic mass is 16.5. The van der Waals surface area contributed by atoms with E-state index >= 15 is 0 Å². The van der Waals surface area contributed by atoms with Gasteiger partial charge in [-0.05, 0) is 0 Å². The average molecular weight is 131 g/mol. The second-order valence-corrected chi connectivity index (χ2v) is 2.15. The molecule has 2 unspecified atom stereocenters. The number of carbonyl (C=O) groups excluding carboxylic acids is 1. The molecule has 0 saturated carbocycles. The van der Waals surface area contributed by atoms with Crippen LogP contribution in [0.25, 0.3) is 0 Å². The van der Waals surface area contributed by atoms with Gasteiger partial charge in [-0.15, -0.1) is 0 Å². The lowest BCUT2D eigenvalue weighted by atomic mass is 9.92. The van der Waals surface area contributed by atoms with E-state index in [0.717, 1.165) is 0 Å². The van der Waals surface area contributed by atoms with E-state index in [0.29, 0.717) is 12.8 Å². The second-order valence-electron chi connectivity index (χ2n) is 2.15. The van der Waals surface area contributed by atoms with Gasteiger partial charge in [-0.1, -0.05) is 0 Å². The van der Waals surface area contributed by atoms with Gasteiger partial charge >= 0.3 is 0 Å². The van der Waals surface area contributed by atoms with Gasteiger partial charge in [-0.2, -0.15) is 0 Å². The highest BCUT2D eigenvalue weighted by Crippen LogP contribution is 2.13. The maximum absolute atomic E-state index is 10.0. The van der Waals surface area contributed by atoms with Crippen LogP contribution >= 0.6 is 0 Å². The van der Waals surface area contributed by atoms with E-state index in [1.165, 1.54) is 0 Å². The van der Waals surface area contributed by atoms with E-state index in [2.05, 4.69) is 5.32 Å². The molecule has 0 aromatic carbocycles. The molecular weight excluding hydrogens is 122 g/mol. The van der Waals surface area contributed by atoms with Gasteiger partial charge in [0.1, 0.15) is 6.29 Å². The summed E-state index contributed by atoms with van der Waals surface area (Å²) >= 11 is 0. The van der Waals surface area contributed by atoms with Crippen LogP contribution in [0.2, 0.25) is 0 Å². The minimum absolute atomic E-state index is 0.303. The normalized spacial score (nSPS) is 34.1. The van der Waals surface area contributed by atoms with Crippen molar-refractivity contribution in [3.05, 3.63) is 0 Å². The molecule has 4 heteroatoms. The van der Waals surface area contributed by atoms with Crippen LogP contribution in [0, 0.1) is 5.92 Å². The fourth-order valence-electron chi connectivity index (χ4n) is 0.830. The molecule has 1 rings (SSSR count). The summed E-state index contributed by atoms with van der Waals surface area (Å²) in [4.78, 5) is 10.0. The number of hydrogen-bond donors (Lipinski definition) is 3. The van der Waals surface area contributed by atoms with E-state index in [9.17, 15) is 4.79 Å². The highest BCUT2D eigenvalue weighted by molar-refractivity contribution is 5.60.